The largest absolute Gasteiger partial charge is 0.507 e. The van der Waals surface area contributed by atoms with E-state index in [4.69, 9.17) is 5.73 Å². The van der Waals surface area contributed by atoms with Crippen molar-refractivity contribution in [3.63, 3.8) is 0 Å². The van der Waals surface area contributed by atoms with E-state index in [1.165, 1.54) is 11.1 Å². The Bertz CT molecular complexity index is 325. The summed E-state index contributed by atoms with van der Waals surface area (Å²) in [5, 5.41) is 9.38. The summed E-state index contributed by atoms with van der Waals surface area (Å²) in [7, 11) is 0. The lowest BCUT2D eigenvalue weighted by Gasteiger charge is -2.06. The molecule has 1 atom stereocenters. The Kier molecular flexibility index (Phi) is 1.85. The molecule has 0 bridgehead atoms. The van der Waals surface area contributed by atoms with Gasteiger partial charge in [0.25, 0.3) is 0 Å². The second-order valence-electron chi connectivity index (χ2n) is 3.11. The first-order chi connectivity index (χ1) is 5.70. The van der Waals surface area contributed by atoms with Crippen LogP contribution in [0.3, 0.4) is 0 Å². The van der Waals surface area contributed by atoms with E-state index in [9.17, 15) is 5.11 Å². The third kappa shape index (κ3) is 1.04. The van der Waals surface area contributed by atoms with Crippen molar-refractivity contribution in [1.29, 1.82) is 0 Å². The van der Waals surface area contributed by atoms with E-state index < -0.39 is 0 Å². The highest BCUT2D eigenvalue weighted by atomic mass is 79.9. The molecule has 0 saturated heterocycles. The minimum Gasteiger partial charge on any atom is -0.507 e. The number of phenolic OH excluding ortho intramolecular Hbond substituents is 1. The fourth-order valence-electron chi connectivity index (χ4n) is 1.68. The summed E-state index contributed by atoms with van der Waals surface area (Å²) in [5.41, 5.74) is 8.20. The molecule has 2 rings (SSSR count). The molecule has 2 nitrogen and oxygen atoms in total. The topological polar surface area (TPSA) is 46.2 Å². The van der Waals surface area contributed by atoms with Crippen LogP contribution in [0, 0.1) is 0 Å². The molecule has 1 aromatic rings. The summed E-state index contributed by atoms with van der Waals surface area (Å²) < 4.78 is 0.813. The van der Waals surface area contributed by atoms with Gasteiger partial charge in [-0.25, -0.2) is 0 Å². The van der Waals surface area contributed by atoms with Crippen LogP contribution in [0.5, 0.6) is 5.75 Å². The number of benzene rings is 1. The molecule has 0 unspecified atom stereocenters. The second-order valence-corrected chi connectivity index (χ2v) is 3.90. The highest BCUT2D eigenvalue weighted by Crippen LogP contribution is 2.38. The first-order valence-corrected chi connectivity index (χ1v) is 4.75. The van der Waals surface area contributed by atoms with Crippen LogP contribution in [0.2, 0.25) is 0 Å². The van der Waals surface area contributed by atoms with Crippen LogP contribution in [0.25, 0.3) is 0 Å². The van der Waals surface area contributed by atoms with Crippen molar-refractivity contribution in [3.05, 3.63) is 27.7 Å². The van der Waals surface area contributed by atoms with Gasteiger partial charge in [0, 0.05) is 6.04 Å². The van der Waals surface area contributed by atoms with E-state index in [0.717, 1.165) is 17.3 Å². The van der Waals surface area contributed by atoms with Gasteiger partial charge in [0.15, 0.2) is 0 Å². The Hall–Kier alpha value is -0.540. The molecule has 0 heterocycles. The first-order valence-electron chi connectivity index (χ1n) is 3.96. The number of rotatable bonds is 0. The number of nitrogens with two attached hydrogens (primary N) is 1. The van der Waals surface area contributed by atoms with Crippen molar-refractivity contribution in [2.24, 2.45) is 5.73 Å². The number of halogens is 1. The zero-order valence-electron chi connectivity index (χ0n) is 6.55. The van der Waals surface area contributed by atoms with E-state index in [1.54, 1.807) is 6.07 Å². The third-order valence-corrected chi connectivity index (χ3v) is 3.25. The lowest BCUT2D eigenvalue weighted by molar-refractivity contribution is 0.471. The number of phenols is 1. The SMILES string of the molecule is N[C@H]1CCc2c1ccc(O)c2Br. The van der Waals surface area contributed by atoms with Crippen molar-refractivity contribution >= 4 is 15.9 Å². The molecule has 1 aliphatic rings. The van der Waals surface area contributed by atoms with Gasteiger partial charge in [-0.05, 0) is 46.0 Å². The van der Waals surface area contributed by atoms with Crippen LogP contribution in [0.15, 0.2) is 16.6 Å². The molecule has 0 aromatic heterocycles. The quantitative estimate of drug-likeness (QED) is 0.714. The molecule has 64 valence electrons. The molecule has 0 spiro atoms. The van der Waals surface area contributed by atoms with Crippen LogP contribution < -0.4 is 5.73 Å². The van der Waals surface area contributed by atoms with E-state index >= 15 is 0 Å². The smallest absolute Gasteiger partial charge is 0.130 e. The Morgan fingerprint density at radius 1 is 1.50 bits per heavy atom. The maximum atomic E-state index is 9.38. The lowest BCUT2D eigenvalue weighted by Crippen LogP contribution is -2.04. The van der Waals surface area contributed by atoms with Crippen LogP contribution >= 0.6 is 15.9 Å². The predicted octanol–water partition coefficient (Wildman–Crippen LogP) is 2.10. The minimum atomic E-state index is 0.150. The molecule has 3 N–H and O–H groups in total. The van der Waals surface area contributed by atoms with Gasteiger partial charge in [0.2, 0.25) is 0 Å². The van der Waals surface area contributed by atoms with Gasteiger partial charge >= 0.3 is 0 Å². The van der Waals surface area contributed by atoms with Crippen LogP contribution in [-0.2, 0) is 6.42 Å². The zero-order valence-corrected chi connectivity index (χ0v) is 8.13. The predicted molar refractivity (Wildman–Crippen MR) is 51.1 cm³/mol. The monoisotopic (exact) mass is 227 g/mol. The summed E-state index contributed by atoms with van der Waals surface area (Å²) in [6, 6.07) is 3.75. The number of aromatic hydroxyl groups is 1. The van der Waals surface area contributed by atoms with E-state index in [0.29, 0.717) is 5.75 Å². The highest BCUT2D eigenvalue weighted by molar-refractivity contribution is 9.10. The van der Waals surface area contributed by atoms with Crippen LogP contribution in [-0.4, -0.2) is 5.11 Å². The summed E-state index contributed by atoms with van der Waals surface area (Å²) >= 11 is 3.35. The summed E-state index contributed by atoms with van der Waals surface area (Å²) in [5.74, 6) is 0.308. The number of fused-ring (bicyclic) bond motifs is 1. The molecule has 1 aliphatic carbocycles. The fraction of sp³-hybridized carbons (Fsp3) is 0.333. The van der Waals surface area contributed by atoms with Crippen molar-refractivity contribution < 1.29 is 5.11 Å². The van der Waals surface area contributed by atoms with Crippen LogP contribution in [0.1, 0.15) is 23.6 Å². The molecule has 0 aliphatic heterocycles. The van der Waals surface area contributed by atoms with Crippen molar-refractivity contribution in [3.8, 4) is 5.75 Å². The molecule has 1 aromatic carbocycles. The van der Waals surface area contributed by atoms with Crippen LogP contribution in [0.4, 0.5) is 0 Å². The van der Waals surface area contributed by atoms with Gasteiger partial charge in [-0.2, -0.15) is 0 Å². The van der Waals surface area contributed by atoms with Gasteiger partial charge in [-0.15, -0.1) is 0 Å². The van der Waals surface area contributed by atoms with Gasteiger partial charge in [-0.3, -0.25) is 0 Å². The molecule has 0 radical (unpaired) electrons. The van der Waals surface area contributed by atoms with Crippen molar-refractivity contribution in [2.75, 3.05) is 0 Å². The first kappa shape index (κ1) is 8.08. The molecular formula is C9H10BrNO. The van der Waals surface area contributed by atoms with E-state index in [2.05, 4.69) is 15.9 Å². The van der Waals surface area contributed by atoms with Crippen molar-refractivity contribution in [2.45, 2.75) is 18.9 Å². The molecular weight excluding hydrogens is 218 g/mol. The van der Waals surface area contributed by atoms with E-state index in [1.807, 2.05) is 6.07 Å². The number of hydrogen-bond acceptors (Lipinski definition) is 2. The Balaban J connectivity index is 2.60. The van der Waals surface area contributed by atoms with Gasteiger partial charge in [0.1, 0.15) is 5.75 Å². The average molecular weight is 228 g/mol. The summed E-state index contributed by atoms with van der Waals surface area (Å²) in [6.07, 6.45) is 1.95. The lowest BCUT2D eigenvalue weighted by atomic mass is 10.1. The Labute approximate surface area is 79.5 Å². The fourth-order valence-corrected chi connectivity index (χ4v) is 2.24. The second kappa shape index (κ2) is 2.75. The third-order valence-electron chi connectivity index (χ3n) is 2.36. The molecule has 0 saturated carbocycles. The van der Waals surface area contributed by atoms with Gasteiger partial charge < -0.3 is 10.8 Å². The molecule has 3 heteroatoms. The molecule has 12 heavy (non-hydrogen) atoms. The van der Waals surface area contributed by atoms with Gasteiger partial charge in [0.05, 0.1) is 4.47 Å². The Morgan fingerprint density at radius 2 is 2.25 bits per heavy atom. The average Bonchev–Trinajstić information content (AvgIpc) is 2.41. The normalized spacial score (nSPS) is 21.0. The standard InChI is InChI=1S/C9H10BrNO/c10-9-6-1-3-7(11)5(6)2-4-8(9)12/h2,4,7,12H,1,3,11H2/t7-/m0/s1. The van der Waals surface area contributed by atoms with E-state index in [-0.39, 0.29) is 6.04 Å². The van der Waals surface area contributed by atoms with Crippen molar-refractivity contribution in [1.82, 2.24) is 0 Å². The summed E-state index contributed by atoms with van der Waals surface area (Å²) in [6.45, 7) is 0. The Morgan fingerprint density at radius 3 is 3.00 bits per heavy atom. The maximum absolute atomic E-state index is 9.38. The number of hydrogen-bond donors (Lipinski definition) is 2. The highest BCUT2D eigenvalue weighted by Gasteiger charge is 2.22. The zero-order chi connectivity index (χ0) is 8.72. The maximum Gasteiger partial charge on any atom is 0.130 e. The molecule has 0 amide bonds. The minimum absolute atomic E-state index is 0.150. The molecule has 0 fully saturated rings. The summed E-state index contributed by atoms with van der Waals surface area (Å²) in [4.78, 5) is 0. The van der Waals surface area contributed by atoms with Gasteiger partial charge in [-0.1, -0.05) is 6.07 Å².